The highest BCUT2D eigenvalue weighted by molar-refractivity contribution is 7.79. The smallest absolute Gasteiger partial charge is 0.159 e. The number of thiol groups is 1. The average Bonchev–Trinajstić information content (AvgIpc) is 2.30. The summed E-state index contributed by atoms with van der Waals surface area (Å²) >= 11 is 4.20. The zero-order valence-electron chi connectivity index (χ0n) is 7.59. The molecule has 3 heteroatoms. The van der Waals surface area contributed by atoms with Gasteiger partial charge in [0.1, 0.15) is 0 Å². The van der Waals surface area contributed by atoms with Gasteiger partial charge in [0.25, 0.3) is 0 Å². The lowest BCUT2D eigenvalue weighted by Crippen LogP contribution is -1.86. The predicted octanol–water partition coefficient (Wildman–Crippen LogP) is 2.57. The van der Waals surface area contributed by atoms with Crippen LogP contribution in [0.25, 0.3) is 11.4 Å². The minimum atomic E-state index is 0.760. The van der Waals surface area contributed by atoms with Gasteiger partial charge in [0.2, 0.25) is 0 Å². The third-order valence-electron chi connectivity index (χ3n) is 1.96. The SMILES string of the molecule is SCc1ccc(-c2ncccn2)cc1. The van der Waals surface area contributed by atoms with Crippen LogP contribution in [0.2, 0.25) is 0 Å². The number of nitrogens with zero attached hydrogens (tertiary/aromatic N) is 2. The molecule has 0 saturated heterocycles. The molecule has 0 bridgehead atoms. The Hall–Kier alpha value is -1.35. The maximum Gasteiger partial charge on any atom is 0.159 e. The van der Waals surface area contributed by atoms with Gasteiger partial charge in [-0.05, 0) is 11.6 Å². The van der Waals surface area contributed by atoms with Crippen molar-refractivity contribution in [2.24, 2.45) is 0 Å². The first-order valence-corrected chi connectivity index (χ1v) is 5.00. The Labute approximate surface area is 88.4 Å². The number of hydrogen-bond donors (Lipinski definition) is 1. The molecule has 0 radical (unpaired) electrons. The predicted molar refractivity (Wildman–Crippen MR) is 60.2 cm³/mol. The third kappa shape index (κ3) is 1.93. The van der Waals surface area contributed by atoms with Crippen molar-refractivity contribution in [1.82, 2.24) is 9.97 Å². The highest BCUT2D eigenvalue weighted by atomic mass is 32.1. The maximum absolute atomic E-state index is 4.20. The van der Waals surface area contributed by atoms with Gasteiger partial charge >= 0.3 is 0 Å². The average molecular weight is 202 g/mol. The van der Waals surface area contributed by atoms with Crippen LogP contribution in [-0.2, 0) is 5.75 Å². The summed E-state index contributed by atoms with van der Waals surface area (Å²) < 4.78 is 0. The summed E-state index contributed by atoms with van der Waals surface area (Å²) in [7, 11) is 0. The standard InChI is InChI=1S/C11H10N2S/c14-8-9-2-4-10(5-3-9)11-12-6-1-7-13-11/h1-7,14H,8H2. The molecule has 2 nitrogen and oxygen atoms in total. The largest absolute Gasteiger partial charge is 0.237 e. The number of rotatable bonds is 2. The summed E-state index contributed by atoms with van der Waals surface area (Å²) in [6, 6.07) is 9.92. The Balaban J connectivity index is 2.34. The fourth-order valence-electron chi connectivity index (χ4n) is 1.21. The van der Waals surface area contributed by atoms with Crippen LogP contribution in [0.5, 0.6) is 0 Å². The van der Waals surface area contributed by atoms with Gasteiger partial charge in [-0.2, -0.15) is 12.6 Å². The van der Waals surface area contributed by atoms with Gasteiger partial charge < -0.3 is 0 Å². The Morgan fingerprint density at radius 2 is 1.64 bits per heavy atom. The minimum absolute atomic E-state index is 0.760. The lowest BCUT2D eigenvalue weighted by molar-refractivity contribution is 1.17. The van der Waals surface area contributed by atoms with E-state index in [1.165, 1.54) is 5.56 Å². The molecular weight excluding hydrogens is 192 g/mol. The van der Waals surface area contributed by atoms with Crippen molar-refractivity contribution < 1.29 is 0 Å². The van der Waals surface area contributed by atoms with Gasteiger partial charge in [0, 0.05) is 23.7 Å². The number of hydrogen-bond acceptors (Lipinski definition) is 3. The van der Waals surface area contributed by atoms with Crippen LogP contribution >= 0.6 is 12.6 Å². The van der Waals surface area contributed by atoms with Crippen molar-refractivity contribution in [3.63, 3.8) is 0 Å². The van der Waals surface area contributed by atoms with E-state index in [2.05, 4.69) is 22.6 Å². The molecule has 0 saturated carbocycles. The van der Waals surface area contributed by atoms with E-state index in [-0.39, 0.29) is 0 Å². The van der Waals surface area contributed by atoms with Crippen molar-refractivity contribution in [1.29, 1.82) is 0 Å². The molecular formula is C11H10N2S. The molecule has 70 valence electrons. The van der Waals surface area contributed by atoms with Gasteiger partial charge in [0.15, 0.2) is 5.82 Å². The first kappa shape index (κ1) is 9.21. The Bertz CT molecular complexity index is 397. The highest BCUT2D eigenvalue weighted by Crippen LogP contribution is 2.15. The van der Waals surface area contributed by atoms with E-state index in [1.54, 1.807) is 12.4 Å². The molecule has 0 fully saturated rings. The summed E-state index contributed by atoms with van der Waals surface area (Å²) in [4.78, 5) is 8.35. The second-order valence-electron chi connectivity index (χ2n) is 2.93. The molecule has 0 unspecified atom stereocenters. The van der Waals surface area contributed by atoms with E-state index in [4.69, 9.17) is 0 Å². The monoisotopic (exact) mass is 202 g/mol. The van der Waals surface area contributed by atoms with Crippen molar-refractivity contribution in [2.75, 3.05) is 0 Å². The van der Waals surface area contributed by atoms with Crippen LogP contribution in [0.1, 0.15) is 5.56 Å². The quantitative estimate of drug-likeness (QED) is 0.757. The fraction of sp³-hybridized carbons (Fsp3) is 0.0909. The zero-order valence-corrected chi connectivity index (χ0v) is 8.48. The molecule has 0 aliphatic rings. The molecule has 1 aromatic carbocycles. The molecule has 2 aromatic rings. The van der Waals surface area contributed by atoms with Crippen LogP contribution in [0, 0.1) is 0 Å². The second kappa shape index (κ2) is 4.24. The minimum Gasteiger partial charge on any atom is -0.237 e. The zero-order chi connectivity index (χ0) is 9.80. The third-order valence-corrected chi connectivity index (χ3v) is 2.33. The first-order valence-electron chi connectivity index (χ1n) is 4.37. The molecule has 14 heavy (non-hydrogen) atoms. The normalized spacial score (nSPS) is 10.1. The maximum atomic E-state index is 4.20. The van der Waals surface area contributed by atoms with Gasteiger partial charge in [-0.3, -0.25) is 0 Å². The summed E-state index contributed by atoms with van der Waals surface area (Å²) in [5.74, 6) is 1.52. The van der Waals surface area contributed by atoms with E-state index in [1.807, 2.05) is 30.3 Å². The topological polar surface area (TPSA) is 25.8 Å². The summed E-state index contributed by atoms with van der Waals surface area (Å²) in [5.41, 5.74) is 2.24. The van der Waals surface area contributed by atoms with Gasteiger partial charge in [-0.15, -0.1) is 0 Å². The van der Waals surface area contributed by atoms with E-state index >= 15 is 0 Å². The van der Waals surface area contributed by atoms with Crippen LogP contribution in [0.4, 0.5) is 0 Å². The molecule has 0 atom stereocenters. The molecule has 1 aromatic heterocycles. The highest BCUT2D eigenvalue weighted by Gasteiger charge is 1.98. The van der Waals surface area contributed by atoms with Gasteiger partial charge in [0.05, 0.1) is 0 Å². The Morgan fingerprint density at radius 3 is 2.21 bits per heavy atom. The van der Waals surface area contributed by atoms with Crippen molar-refractivity contribution >= 4 is 12.6 Å². The van der Waals surface area contributed by atoms with Gasteiger partial charge in [-0.1, -0.05) is 24.3 Å². The van der Waals surface area contributed by atoms with Crippen molar-refractivity contribution in [2.45, 2.75) is 5.75 Å². The van der Waals surface area contributed by atoms with Crippen molar-refractivity contribution in [3.05, 3.63) is 48.3 Å². The lowest BCUT2D eigenvalue weighted by Gasteiger charge is -2.00. The molecule has 0 aliphatic heterocycles. The van der Waals surface area contributed by atoms with Crippen LogP contribution in [-0.4, -0.2) is 9.97 Å². The second-order valence-corrected chi connectivity index (χ2v) is 3.24. The molecule has 2 rings (SSSR count). The molecule has 0 amide bonds. The lowest BCUT2D eigenvalue weighted by atomic mass is 10.1. The van der Waals surface area contributed by atoms with Gasteiger partial charge in [-0.25, -0.2) is 9.97 Å². The van der Waals surface area contributed by atoms with E-state index < -0.39 is 0 Å². The van der Waals surface area contributed by atoms with Crippen molar-refractivity contribution in [3.8, 4) is 11.4 Å². The molecule has 1 heterocycles. The summed E-state index contributed by atoms with van der Waals surface area (Å²) in [5, 5.41) is 0. The first-order chi connectivity index (χ1) is 6.90. The Morgan fingerprint density at radius 1 is 1.00 bits per heavy atom. The fourth-order valence-corrected chi connectivity index (χ4v) is 1.42. The summed E-state index contributed by atoms with van der Waals surface area (Å²) in [6.07, 6.45) is 3.49. The number of aromatic nitrogens is 2. The van der Waals surface area contributed by atoms with Crippen LogP contribution in [0.3, 0.4) is 0 Å². The van der Waals surface area contributed by atoms with Crippen LogP contribution in [0.15, 0.2) is 42.7 Å². The Kier molecular flexibility index (Phi) is 2.79. The van der Waals surface area contributed by atoms with E-state index in [9.17, 15) is 0 Å². The summed E-state index contributed by atoms with van der Waals surface area (Å²) in [6.45, 7) is 0. The molecule has 0 N–H and O–H groups in total. The van der Waals surface area contributed by atoms with Crippen LogP contribution < -0.4 is 0 Å². The molecule has 0 aliphatic carbocycles. The molecule has 0 spiro atoms. The van der Waals surface area contributed by atoms with E-state index in [0.717, 1.165) is 17.1 Å². The number of benzene rings is 1. The van der Waals surface area contributed by atoms with E-state index in [0.29, 0.717) is 0 Å².